The molecule has 3 rings (SSSR count). The van der Waals surface area contributed by atoms with Gasteiger partial charge in [0.2, 0.25) is 0 Å². The topological polar surface area (TPSA) is 59.3 Å². The second-order valence-corrected chi connectivity index (χ2v) is 5.63. The molecule has 0 fully saturated rings. The number of benzene rings is 1. The highest BCUT2D eigenvalue weighted by atomic mass is 79.9. The maximum absolute atomic E-state index is 12.1. The zero-order valence-electron chi connectivity index (χ0n) is 11.4. The van der Waals surface area contributed by atoms with E-state index in [-0.39, 0.29) is 5.91 Å². The Morgan fingerprint density at radius 3 is 2.76 bits per heavy atom. The third-order valence-electron chi connectivity index (χ3n) is 3.04. The molecule has 0 aliphatic rings. The molecule has 106 valence electrons. The van der Waals surface area contributed by atoms with Crippen molar-refractivity contribution in [1.82, 2.24) is 19.9 Å². The predicted molar refractivity (Wildman–Crippen MR) is 83.0 cm³/mol. The number of fused-ring (bicyclic) bond motifs is 1. The van der Waals surface area contributed by atoms with Crippen LogP contribution in [0.5, 0.6) is 0 Å². The summed E-state index contributed by atoms with van der Waals surface area (Å²) < 4.78 is 2.63. The normalized spacial score (nSPS) is 10.8. The fourth-order valence-corrected chi connectivity index (χ4v) is 2.26. The van der Waals surface area contributed by atoms with Crippen LogP contribution in [0.4, 0.5) is 0 Å². The van der Waals surface area contributed by atoms with Crippen molar-refractivity contribution < 1.29 is 4.79 Å². The van der Waals surface area contributed by atoms with E-state index in [0.29, 0.717) is 12.2 Å². The zero-order valence-corrected chi connectivity index (χ0v) is 13.0. The van der Waals surface area contributed by atoms with Crippen molar-refractivity contribution in [2.24, 2.45) is 0 Å². The molecule has 2 heterocycles. The van der Waals surface area contributed by atoms with Crippen LogP contribution in [0.15, 0.2) is 47.1 Å². The van der Waals surface area contributed by atoms with E-state index in [1.54, 1.807) is 22.8 Å². The number of nitrogens with one attached hydrogen (secondary N) is 1. The van der Waals surface area contributed by atoms with Gasteiger partial charge in [-0.2, -0.15) is 5.10 Å². The lowest BCUT2D eigenvalue weighted by Gasteiger charge is -2.05. The van der Waals surface area contributed by atoms with Crippen LogP contribution in [0.25, 0.3) is 5.65 Å². The van der Waals surface area contributed by atoms with Gasteiger partial charge in [-0.1, -0.05) is 28.1 Å². The largest absolute Gasteiger partial charge is 0.347 e. The number of hydrogen-bond acceptors (Lipinski definition) is 3. The van der Waals surface area contributed by atoms with Crippen LogP contribution in [0.3, 0.4) is 0 Å². The molecule has 6 heteroatoms. The van der Waals surface area contributed by atoms with E-state index < -0.39 is 0 Å². The molecule has 1 N–H and O–H groups in total. The Morgan fingerprint density at radius 1 is 1.24 bits per heavy atom. The zero-order chi connectivity index (χ0) is 14.8. The monoisotopic (exact) mass is 344 g/mol. The molecule has 2 aromatic heterocycles. The minimum atomic E-state index is -0.203. The summed E-state index contributed by atoms with van der Waals surface area (Å²) in [5.41, 5.74) is 3.01. The van der Waals surface area contributed by atoms with Crippen molar-refractivity contribution in [2.45, 2.75) is 13.5 Å². The summed E-state index contributed by atoms with van der Waals surface area (Å²) in [6, 6.07) is 11.3. The number of nitrogens with zero attached hydrogens (tertiary/aromatic N) is 3. The summed E-state index contributed by atoms with van der Waals surface area (Å²) in [6.45, 7) is 2.36. The predicted octanol–water partition coefficient (Wildman–Crippen LogP) is 2.73. The minimum Gasteiger partial charge on any atom is -0.347 e. The number of carbonyl (C=O) groups is 1. The van der Waals surface area contributed by atoms with Gasteiger partial charge in [0, 0.05) is 11.0 Å². The molecule has 1 amide bonds. The number of halogens is 1. The number of amides is 1. The SMILES string of the molecule is Cc1cn2nc(C(=O)NCc3ccc(Br)cc3)ccc2n1. The van der Waals surface area contributed by atoms with Crippen LogP contribution in [-0.2, 0) is 6.54 Å². The molecule has 0 saturated heterocycles. The molecule has 0 spiro atoms. The summed E-state index contributed by atoms with van der Waals surface area (Å²) in [6.07, 6.45) is 1.79. The third-order valence-corrected chi connectivity index (χ3v) is 3.57. The van der Waals surface area contributed by atoms with Crippen LogP contribution in [0.2, 0.25) is 0 Å². The van der Waals surface area contributed by atoms with Gasteiger partial charge in [0.05, 0.1) is 11.9 Å². The van der Waals surface area contributed by atoms with Crippen molar-refractivity contribution in [1.29, 1.82) is 0 Å². The first-order valence-electron chi connectivity index (χ1n) is 6.47. The van der Waals surface area contributed by atoms with E-state index in [1.165, 1.54) is 0 Å². The molecule has 0 aliphatic heterocycles. The van der Waals surface area contributed by atoms with Crippen LogP contribution in [0, 0.1) is 6.92 Å². The van der Waals surface area contributed by atoms with Crippen LogP contribution < -0.4 is 5.32 Å². The van der Waals surface area contributed by atoms with Crippen molar-refractivity contribution in [3.63, 3.8) is 0 Å². The first kappa shape index (κ1) is 13.8. The van der Waals surface area contributed by atoms with Crippen LogP contribution in [-0.4, -0.2) is 20.5 Å². The first-order valence-corrected chi connectivity index (χ1v) is 7.27. The van der Waals surface area contributed by atoms with Gasteiger partial charge in [-0.15, -0.1) is 0 Å². The van der Waals surface area contributed by atoms with E-state index in [1.807, 2.05) is 31.2 Å². The standard InChI is InChI=1S/C15H13BrN4O/c1-10-9-20-14(18-10)7-6-13(19-20)15(21)17-8-11-2-4-12(16)5-3-11/h2-7,9H,8H2,1H3,(H,17,21). The molecular formula is C15H13BrN4O. The van der Waals surface area contributed by atoms with Gasteiger partial charge in [0.25, 0.3) is 5.91 Å². The average Bonchev–Trinajstić information content (AvgIpc) is 2.85. The first-order chi connectivity index (χ1) is 10.1. The van der Waals surface area contributed by atoms with Gasteiger partial charge >= 0.3 is 0 Å². The van der Waals surface area contributed by atoms with Crippen molar-refractivity contribution >= 4 is 27.5 Å². The van der Waals surface area contributed by atoms with Crippen LogP contribution in [0.1, 0.15) is 21.7 Å². The maximum Gasteiger partial charge on any atom is 0.272 e. The van der Waals surface area contributed by atoms with Crippen molar-refractivity contribution in [2.75, 3.05) is 0 Å². The lowest BCUT2D eigenvalue weighted by molar-refractivity contribution is 0.0944. The highest BCUT2D eigenvalue weighted by Crippen LogP contribution is 2.10. The summed E-state index contributed by atoms with van der Waals surface area (Å²) in [4.78, 5) is 16.4. The Hall–Kier alpha value is -2.21. The van der Waals surface area contributed by atoms with Gasteiger partial charge in [-0.05, 0) is 36.8 Å². The summed E-state index contributed by atoms with van der Waals surface area (Å²) in [5.74, 6) is -0.203. The average molecular weight is 345 g/mol. The lowest BCUT2D eigenvalue weighted by atomic mass is 10.2. The summed E-state index contributed by atoms with van der Waals surface area (Å²) in [7, 11) is 0. The molecule has 0 atom stereocenters. The Kier molecular flexibility index (Phi) is 3.70. The summed E-state index contributed by atoms with van der Waals surface area (Å²) >= 11 is 3.38. The number of rotatable bonds is 3. The van der Waals surface area contributed by atoms with Gasteiger partial charge in [0.1, 0.15) is 5.69 Å². The van der Waals surface area contributed by atoms with E-state index in [0.717, 1.165) is 21.4 Å². The smallest absolute Gasteiger partial charge is 0.272 e. The summed E-state index contributed by atoms with van der Waals surface area (Å²) in [5, 5.41) is 7.11. The van der Waals surface area contributed by atoms with Gasteiger partial charge < -0.3 is 5.32 Å². The van der Waals surface area contributed by atoms with Crippen molar-refractivity contribution in [3.05, 3.63) is 64.0 Å². The van der Waals surface area contributed by atoms with E-state index in [2.05, 4.69) is 31.3 Å². The molecule has 21 heavy (non-hydrogen) atoms. The molecule has 5 nitrogen and oxygen atoms in total. The molecule has 0 unspecified atom stereocenters. The quantitative estimate of drug-likeness (QED) is 0.794. The fraction of sp³-hybridized carbons (Fsp3) is 0.133. The number of aryl methyl sites for hydroxylation is 1. The lowest BCUT2D eigenvalue weighted by Crippen LogP contribution is -2.24. The fourth-order valence-electron chi connectivity index (χ4n) is 2.00. The molecule has 0 radical (unpaired) electrons. The number of aromatic nitrogens is 3. The number of carbonyl (C=O) groups excluding carboxylic acids is 1. The molecule has 3 aromatic rings. The minimum absolute atomic E-state index is 0.203. The molecule has 0 bridgehead atoms. The maximum atomic E-state index is 12.1. The highest BCUT2D eigenvalue weighted by molar-refractivity contribution is 9.10. The Labute approximate surface area is 130 Å². The van der Waals surface area contributed by atoms with Crippen LogP contribution >= 0.6 is 15.9 Å². The third kappa shape index (κ3) is 3.11. The molecule has 0 aliphatic carbocycles. The van der Waals surface area contributed by atoms with Crippen molar-refractivity contribution in [3.8, 4) is 0 Å². The Balaban J connectivity index is 1.72. The Bertz CT molecular complexity index is 795. The molecular weight excluding hydrogens is 332 g/mol. The van der Waals surface area contributed by atoms with E-state index in [4.69, 9.17) is 0 Å². The highest BCUT2D eigenvalue weighted by Gasteiger charge is 2.09. The van der Waals surface area contributed by atoms with Gasteiger partial charge in [-0.3, -0.25) is 4.79 Å². The second kappa shape index (κ2) is 5.65. The molecule has 1 aromatic carbocycles. The van der Waals surface area contributed by atoms with E-state index in [9.17, 15) is 4.79 Å². The van der Waals surface area contributed by atoms with Gasteiger partial charge in [-0.25, -0.2) is 9.50 Å². The number of imidazole rings is 1. The molecule has 0 saturated carbocycles. The van der Waals surface area contributed by atoms with Gasteiger partial charge in [0.15, 0.2) is 5.65 Å². The second-order valence-electron chi connectivity index (χ2n) is 4.71. The number of hydrogen-bond donors (Lipinski definition) is 1. The van der Waals surface area contributed by atoms with E-state index >= 15 is 0 Å². The Morgan fingerprint density at radius 2 is 2.00 bits per heavy atom.